The molecule has 0 bridgehead atoms. The van der Waals surface area contributed by atoms with Crippen LogP contribution < -0.4 is 5.32 Å². The number of nitriles is 1. The molecule has 1 aromatic rings. The van der Waals surface area contributed by atoms with Crippen LogP contribution in [0.15, 0.2) is 24.3 Å². The third kappa shape index (κ3) is 7.61. The molecule has 0 radical (unpaired) electrons. The van der Waals surface area contributed by atoms with Gasteiger partial charge in [-0.1, -0.05) is 0 Å². The molecule has 0 aliphatic carbocycles. The lowest BCUT2D eigenvalue weighted by Crippen LogP contribution is -2.41. The molecule has 1 amide bonds. The Morgan fingerprint density at radius 1 is 1.23 bits per heavy atom. The molecule has 0 heterocycles. The van der Waals surface area contributed by atoms with E-state index >= 15 is 0 Å². The molecule has 0 spiro atoms. The van der Waals surface area contributed by atoms with Crippen LogP contribution in [0.25, 0.3) is 0 Å². The van der Waals surface area contributed by atoms with Crippen LogP contribution >= 0.6 is 0 Å². The molecule has 1 aromatic carbocycles. The minimum Gasteiger partial charge on any atom is -0.481 e. The summed E-state index contributed by atoms with van der Waals surface area (Å²) in [6.07, 6.45) is 0.150. The van der Waals surface area contributed by atoms with E-state index in [1.807, 2.05) is 13.0 Å². The Balaban J connectivity index is 2.76. The van der Waals surface area contributed by atoms with E-state index < -0.39 is 17.9 Å². The van der Waals surface area contributed by atoms with E-state index in [1.54, 1.807) is 12.1 Å². The highest BCUT2D eigenvalue weighted by atomic mass is 16.7. The number of hydrogen-bond donors (Lipinski definition) is 2. The van der Waals surface area contributed by atoms with Gasteiger partial charge in [-0.2, -0.15) is 5.26 Å². The molecule has 142 valence electrons. The van der Waals surface area contributed by atoms with Crippen LogP contribution in [-0.2, 0) is 19.0 Å². The average molecular weight is 364 g/mol. The van der Waals surface area contributed by atoms with Crippen molar-refractivity contribution >= 4 is 11.9 Å². The maximum Gasteiger partial charge on any atom is 0.308 e. The lowest BCUT2D eigenvalue weighted by atomic mass is 10.0. The molecule has 8 heteroatoms. The van der Waals surface area contributed by atoms with Gasteiger partial charge in [0.2, 0.25) is 0 Å². The van der Waals surface area contributed by atoms with Crippen molar-refractivity contribution in [2.45, 2.75) is 19.4 Å². The van der Waals surface area contributed by atoms with Crippen LogP contribution in [0.3, 0.4) is 0 Å². The second-order valence-corrected chi connectivity index (χ2v) is 5.57. The van der Waals surface area contributed by atoms with E-state index in [2.05, 4.69) is 5.32 Å². The highest BCUT2D eigenvalue weighted by molar-refractivity contribution is 5.94. The zero-order valence-corrected chi connectivity index (χ0v) is 14.9. The van der Waals surface area contributed by atoms with Crippen LogP contribution in [0.4, 0.5) is 0 Å². The van der Waals surface area contributed by atoms with Crippen molar-refractivity contribution in [3.05, 3.63) is 35.4 Å². The molecular formula is C18H24N2O6. The molecule has 26 heavy (non-hydrogen) atoms. The maximum absolute atomic E-state index is 12.4. The van der Waals surface area contributed by atoms with Crippen molar-refractivity contribution in [3.8, 4) is 6.07 Å². The molecule has 8 nitrogen and oxygen atoms in total. The Kier molecular flexibility index (Phi) is 9.94. The topological polar surface area (TPSA) is 118 Å². The molecule has 0 aliphatic rings. The van der Waals surface area contributed by atoms with Crippen molar-refractivity contribution in [2.24, 2.45) is 5.92 Å². The number of ether oxygens (including phenoxy) is 3. The van der Waals surface area contributed by atoms with Gasteiger partial charge in [0.05, 0.1) is 36.8 Å². The zero-order valence-electron chi connectivity index (χ0n) is 14.9. The van der Waals surface area contributed by atoms with Crippen molar-refractivity contribution in [1.82, 2.24) is 5.32 Å². The van der Waals surface area contributed by atoms with Crippen LogP contribution in [0.2, 0.25) is 0 Å². The molecular weight excluding hydrogens is 340 g/mol. The Morgan fingerprint density at radius 2 is 1.92 bits per heavy atom. The van der Waals surface area contributed by atoms with Crippen LogP contribution in [-0.4, -0.2) is 56.7 Å². The quantitative estimate of drug-likeness (QED) is 0.425. The van der Waals surface area contributed by atoms with Gasteiger partial charge in [-0.25, -0.2) is 0 Å². The number of carboxylic acids is 1. The fourth-order valence-electron chi connectivity index (χ4n) is 2.25. The fourth-order valence-corrected chi connectivity index (χ4v) is 2.25. The summed E-state index contributed by atoms with van der Waals surface area (Å²) in [5.41, 5.74) is 0.821. The van der Waals surface area contributed by atoms with E-state index in [-0.39, 0.29) is 32.3 Å². The third-order valence-corrected chi connectivity index (χ3v) is 3.59. The van der Waals surface area contributed by atoms with Crippen molar-refractivity contribution in [2.75, 3.05) is 33.7 Å². The third-order valence-electron chi connectivity index (χ3n) is 3.59. The highest BCUT2D eigenvalue weighted by Gasteiger charge is 2.24. The molecule has 0 aliphatic heterocycles. The van der Waals surface area contributed by atoms with Gasteiger partial charge < -0.3 is 24.6 Å². The van der Waals surface area contributed by atoms with Gasteiger partial charge in [0, 0.05) is 19.3 Å². The summed E-state index contributed by atoms with van der Waals surface area (Å²) in [5.74, 6) is -2.16. The van der Waals surface area contributed by atoms with E-state index in [0.29, 0.717) is 17.7 Å². The summed E-state index contributed by atoms with van der Waals surface area (Å²) in [6.45, 7) is 2.51. The molecule has 0 saturated heterocycles. The normalized spacial score (nSPS) is 12.8. The predicted octanol–water partition coefficient (Wildman–Crippen LogP) is 1.40. The minimum atomic E-state index is -1.01. The second-order valence-electron chi connectivity index (χ2n) is 5.57. The molecule has 0 unspecified atom stereocenters. The summed E-state index contributed by atoms with van der Waals surface area (Å²) >= 11 is 0. The van der Waals surface area contributed by atoms with Gasteiger partial charge in [0.25, 0.3) is 5.91 Å². The first-order chi connectivity index (χ1) is 12.5. The number of carbonyl (C=O) groups excluding carboxylic acids is 1. The van der Waals surface area contributed by atoms with E-state index in [0.717, 1.165) is 0 Å². The standard InChI is InChI=1S/C18H24N2O6/c1-3-25-12-26-11-16(8-15(10-24-2)18(22)23)20-17(21)14-6-4-13(9-19)5-7-14/h4-7,15-16H,3,8,10-12H2,1-2H3,(H,20,21)(H,22,23)/t15-,16+/m0/s1. The SMILES string of the molecule is CCOCOC[C@@H](C[C@@H](COC)C(=O)O)NC(=O)c1ccc(C#N)cc1. The van der Waals surface area contributed by atoms with Crippen LogP contribution in [0, 0.1) is 17.2 Å². The molecule has 2 N–H and O–H groups in total. The highest BCUT2D eigenvalue weighted by Crippen LogP contribution is 2.11. The fraction of sp³-hybridized carbons (Fsp3) is 0.500. The largest absolute Gasteiger partial charge is 0.481 e. The number of carboxylic acid groups (broad SMARTS) is 1. The second kappa shape index (κ2) is 12.0. The maximum atomic E-state index is 12.4. The summed E-state index contributed by atoms with van der Waals surface area (Å²) in [4.78, 5) is 23.7. The van der Waals surface area contributed by atoms with Gasteiger partial charge in [0.15, 0.2) is 0 Å². The first-order valence-corrected chi connectivity index (χ1v) is 8.20. The van der Waals surface area contributed by atoms with Crippen LogP contribution in [0.5, 0.6) is 0 Å². The summed E-state index contributed by atoms with van der Waals surface area (Å²) in [7, 11) is 1.42. The molecule has 1 rings (SSSR count). The van der Waals surface area contributed by atoms with Crippen molar-refractivity contribution in [3.63, 3.8) is 0 Å². The number of nitrogens with zero attached hydrogens (tertiary/aromatic N) is 1. The van der Waals surface area contributed by atoms with Gasteiger partial charge >= 0.3 is 5.97 Å². The van der Waals surface area contributed by atoms with Gasteiger partial charge in [-0.3, -0.25) is 9.59 Å². The molecule has 0 saturated carbocycles. The number of carbonyl (C=O) groups is 2. The van der Waals surface area contributed by atoms with E-state index in [4.69, 9.17) is 19.5 Å². The predicted molar refractivity (Wildman–Crippen MR) is 92.5 cm³/mol. The number of rotatable bonds is 12. The Hall–Kier alpha value is -2.47. The first-order valence-electron chi connectivity index (χ1n) is 8.20. The van der Waals surface area contributed by atoms with Crippen molar-refractivity contribution in [1.29, 1.82) is 5.26 Å². The number of nitrogens with one attached hydrogen (secondary N) is 1. The van der Waals surface area contributed by atoms with Crippen LogP contribution in [0.1, 0.15) is 29.3 Å². The molecule has 0 fully saturated rings. The Morgan fingerprint density at radius 3 is 2.46 bits per heavy atom. The number of amides is 1. The average Bonchev–Trinajstić information content (AvgIpc) is 2.64. The number of methoxy groups -OCH3 is 1. The Labute approximate surface area is 152 Å². The van der Waals surface area contributed by atoms with Crippen molar-refractivity contribution < 1.29 is 28.9 Å². The lowest BCUT2D eigenvalue weighted by molar-refractivity contribution is -0.144. The minimum absolute atomic E-state index is 0.0318. The van der Waals surface area contributed by atoms with E-state index in [1.165, 1.54) is 19.2 Å². The monoisotopic (exact) mass is 364 g/mol. The van der Waals surface area contributed by atoms with Gasteiger partial charge in [-0.05, 0) is 37.6 Å². The molecule has 0 aromatic heterocycles. The van der Waals surface area contributed by atoms with E-state index in [9.17, 15) is 14.7 Å². The lowest BCUT2D eigenvalue weighted by Gasteiger charge is -2.22. The van der Waals surface area contributed by atoms with Gasteiger partial charge in [-0.15, -0.1) is 0 Å². The summed E-state index contributed by atoms with van der Waals surface area (Å²) in [5, 5.41) is 20.9. The number of benzene rings is 1. The number of hydrogen-bond acceptors (Lipinski definition) is 6. The number of aliphatic carboxylic acids is 1. The zero-order chi connectivity index (χ0) is 19.4. The Bertz CT molecular complexity index is 611. The van der Waals surface area contributed by atoms with Gasteiger partial charge in [0.1, 0.15) is 6.79 Å². The molecule has 2 atom stereocenters. The summed E-state index contributed by atoms with van der Waals surface area (Å²) in [6, 6.07) is 7.61. The first kappa shape index (κ1) is 21.6. The smallest absolute Gasteiger partial charge is 0.308 e. The summed E-state index contributed by atoms with van der Waals surface area (Å²) < 4.78 is 15.4.